The summed E-state index contributed by atoms with van der Waals surface area (Å²) in [6.07, 6.45) is 8.45. The summed E-state index contributed by atoms with van der Waals surface area (Å²) in [4.78, 5) is 27.7. The maximum Gasteiger partial charge on any atom is 0.227 e. The number of amides is 2. The van der Waals surface area contributed by atoms with Gasteiger partial charge in [-0.25, -0.2) is 0 Å². The lowest BCUT2D eigenvalue weighted by Crippen LogP contribution is -2.56. The average molecular weight is 395 g/mol. The number of nitrogens with one attached hydrogen (secondary N) is 1. The highest BCUT2D eigenvalue weighted by molar-refractivity contribution is 6.01. The van der Waals surface area contributed by atoms with Gasteiger partial charge in [0.25, 0.3) is 0 Å². The normalized spacial score (nSPS) is 36.5. The minimum Gasteiger partial charge on any atom is -0.353 e. The van der Waals surface area contributed by atoms with Crippen molar-refractivity contribution < 1.29 is 9.59 Å². The molecule has 2 atom stereocenters. The van der Waals surface area contributed by atoms with Gasteiger partial charge in [-0.1, -0.05) is 12.1 Å². The first-order valence-electron chi connectivity index (χ1n) is 11.5. The van der Waals surface area contributed by atoms with Crippen molar-refractivity contribution in [3.05, 3.63) is 29.3 Å². The van der Waals surface area contributed by atoms with Crippen LogP contribution in [0.2, 0.25) is 0 Å². The van der Waals surface area contributed by atoms with Gasteiger partial charge in [0.2, 0.25) is 11.8 Å². The van der Waals surface area contributed by atoms with Crippen LogP contribution in [0.3, 0.4) is 0 Å². The van der Waals surface area contributed by atoms with Crippen molar-refractivity contribution >= 4 is 17.5 Å². The minimum absolute atomic E-state index is 0.0707. The van der Waals surface area contributed by atoms with Gasteiger partial charge < -0.3 is 10.2 Å². The van der Waals surface area contributed by atoms with Gasteiger partial charge in [-0.15, -0.1) is 0 Å². The quantitative estimate of drug-likeness (QED) is 0.824. The van der Waals surface area contributed by atoms with E-state index < -0.39 is 0 Å². The van der Waals surface area contributed by atoms with E-state index in [0.29, 0.717) is 18.4 Å². The molecule has 4 aliphatic carbocycles. The Hall–Kier alpha value is -1.84. The Bertz CT molecular complexity index is 810. The van der Waals surface area contributed by atoms with Gasteiger partial charge in [0.15, 0.2) is 0 Å². The first-order valence-corrected chi connectivity index (χ1v) is 11.5. The monoisotopic (exact) mass is 394 g/mol. The second kappa shape index (κ2) is 6.85. The van der Waals surface area contributed by atoms with Crippen molar-refractivity contribution in [2.24, 2.45) is 29.1 Å². The fraction of sp³-hybridized carbons (Fsp3) is 0.680. The SMILES string of the molecule is Cc1cccc(N2C[C@H](C(=O)N[C@@H](C)C34CC5CC(CC(C5)C3)C4)CC2=O)c1C. The number of aryl methyl sites for hydroxylation is 1. The smallest absolute Gasteiger partial charge is 0.227 e. The molecule has 4 bridgehead atoms. The predicted molar refractivity (Wildman–Crippen MR) is 115 cm³/mol. The molecule has 1 aromatic rings. The zero-order valence-corrected chi connectivity index (χ0v) is 18.0. The molecule has 0 unspecified atom stereocenters. The minimum atomic E-state index is -0.237. The van der Waals surface area contributed by atoms with Gasteiger partial charge in [0.05, 0.1) is 5.92 Å². The first-order chi connectivity index (χ1) is 13.8. The molecule has 1 N–H and O–H groups in total. The molecule has 0 aromatic heterocycles. The van der Waals surface area contributed by atoms with E-state index in [1.165, 1.54) is 44.1 Å². The van der Waals surface area contributed by atoms with E-state index in [1.54, 1.807) is 0 Å². The Labute approximate surface area is 174 Å². The summed E-state index contributed by atoms with van der Waals surface area (Å²) in [6, 6.07) is 6.27. The summed E-state index contributed by atoms with van der Waals surface area (Å²) >= 11 is 0. The molecule has 0 spiro atoms. The third-order valence-electron chi connectivity index (χ3n) is 8.73. The van der Waals surface area contributed by atoms with Gasteiger partial charge in [-0.05, 0) is 99.7 Å². The Balaban J connectivity index is 1.27. The fourth-order valence-electron chi connectivity index (χ4n) is 7.34. The Morgan fingerprint density at radius 2 is 1.72 bits per heavy atom. The zero-order valence-electron chi connectivity index (χ0n) is 18.0. The van der Waals surface area contributed by atoms with Gasteiger partial charge in [-0.3, -0.25) is 9.59 Å². The lowest BCUT2D eigenvalue weighted by molar-refractivity contribution is -0.130. The lowest BCUT2D eigenvalue weighted by atomic mass is 9.48. The van der Waals surface area contributed by atoms with Crippen molar-refractivity contribution in [1.29, 1.82) is 0 Å². The van der Waals surface area contributed by atoms with Crippen LogP contribution in [-0.2, 0) is 9.59 Å². The van der Waals surface area contributed by atoms with Gasteiger partial charge >= 0.3 is 0 Å². The van der Waals surface area contributed by atoms with Crippen LogP contribution in [0.25, 0.3) is 0 Å². The van der Waals surface area contributed by atoms with Crippen LogP contribution < -0.4 is 10.2 Å². The maximum absolute atomic E-state index is 13.1. The molecule has 1 heterocycles. The highest BCUT2D eigenvalue weighted by Crippen LogP contribution is 2.61. The Morgan fingerprint density at radius 3 is 2.34 bits per heavy atom. The topological polar surface area (TPSA) is 49.4 Å². The van der Waals surface area contributed by atoms with Gasteiger partial charge in [0.1, 0.15) is 0 Å². The van der Waals surface area contributed by atoms with E-state index in [4.69, 9.17) is 0 Å². The largest absolute Gasteiger partial charge is 0.353 e. The van der Waals surface area contributed by atoms with Crippen LogP contribution in [0.4, 0.5) is 5.69 Å². The molecule has 5 aliphatic rings. The Kier molecular flexibility index (Phi) is 4.52. The number of carbonyl (C=O) groups excluding carboxylic acids is 2. The van der Waals surface area contributed by atoms with E-state index in [1.807, 2.05) is 17.0 Å². The number of rotatable bonds is 4. The number of benzene rings is 1. The number of nitrogens with zero attached hydrogens (tertiary/aromatic N) is 1. The molecule has 29 heavy (non-hydrogen) atoms. The lowest BCUT2D eigenvalue weighted by Gasteiger charge is -2.59. The number of anilines is 1. The second-order valence-corrected chi connectivity index (χ2v) is 10.6. The molecular weight excluding hydrogens is 360 g/mol. The van der Waals surface area contributed by atoms with Crippen LogP contribution in [0.1, 0.15) is 63.0 Å². The predicted octanol–water partition coefficient (Wildman–Crippen LogP) is 4.38. The third kappa shape index (κ3) is 3.19. The van der Waals surface area contributed by atoms with Crippen LogP contribution >= 0.6 is 0 Å². The van der Waals surface area contributed by atoms with E-state index in [0.717, 1.165) is 29.0 Å². The summed E-state index contributed by atoms with van der Waals surface area (Å²) in [5.74, 6) is 2.56. The number of hydrogen-bond donors (Lipinski definition) is 1. The zero-order chi connectivity index (χ0) is 20.3. The van der Waals surface area contributed by atoms with Gasteiger partial charge in [-0.2, -0.15) is 0 Å². The highest BCUT2D eigenvalue weighted by atomic mass is 16.2. The van der Waals surface area contributed by atoms with E-state index >= 15 is 0 Å². The maximum atomic E-state index is 13.1. The van der Waals surface area contributed by atoms with Crippen LogP contribution in [-0.4, -0.2) is 24.4 Å². The fourth-order valence-corrected chi connectivity index (χ4v) is 7.34. The molecule has 4 nitrogen and oxygen atoms in total. The summed E-state index contributed by atoms with van der Waals surface area (Å²) in [5, 5.41) is 3.38. The highest BCUT2D eigenvalue weighted by Gasteiger charge is 2.53. The molecule has 6 rings (SSSR count). The van der Waals surface area contributed by atoms with E-state index in [9.17, 15) is 9.59 Å². The molecule has 4 saturated carbocycles. The first kappa shape index (κ1) is 19.1. The van der Waals surface area contributed by atoms with E-state index in [-0.39, 0.29) is 23.8 Å². The molecule has 4 heteroatoms. The third-order valence-corrected chi connectivity index (χ3v) is 8.73. The summed E-state index contributed by atoms with van der Waals surface area (Å²) < 4.78 is 0. The van der Waals surface area contributed by atoms with Crippen molar-refractivity contribution in [1.82, 2.24) is 5.32 Å². The summed E-state index contributed by atoms with van der Waals surface area (Å²) in [6.45, 7) is 6.85. The molecule has 1 aliphatic heterocycles. The molecule has 156 valence electrons. The van der Waals surface area contributed by atoms with E-state index in [2.05, 4.69) is 32.2 Å². The van der Waals surface area contributed by atoms with Crippen molar-refractivity contribution in [2.45, 2.75) is 71.8 Å². The molecule has 0 radical (unpaired) electrons. The van der Waals surface area contributed by atoms with Gasteiger partial charge in [0, 0.05) is 24.7 Å². The second-order valence-electron chi connectivity index (χ2n) is 10.6. The standard InChI is InChI=1S/C25H34N2O2/c1-15-5-4-6-22(16(15)2)27-14-21(10-23(27)28)24(29)26-17(3)25-11-18-7-19(12-25)9-20(8-18)13-25/h4-6,17-21H,7-14H2,1-3H3,(H,26,29)/t17-,18?,19?,20?,21+,25?/m0/s1. The van der Waals surface area contributed by atoms with Crippen LogP contribution in [0.5, 0.6) is 0 Å². The number of carbonyl (C=O) groups is 2. The molecule has 2 amide bonds. The van der Waals surface area contributed by atoms with Crippen molar-refractivity contribution in [3.8, 4) is 0 Å². The number of hydrogen-bond acceptors (Lipinski definition) is 2. The molecule has 5 fully saturated rings. The summed E-state index contributed by atoms with van der Waals surface area (Å²) in [5.41, 5.74) is 3.57. The van der Waals surface area contributed by atoms with Crippen molar-refractivity contribution in [2.75, 3.05) is 11.4 Å². The van der Waals surface area contributed by atoms with Crippen LogP contribution in [0, 0.1) is 42.9 Å². The average Bonchev–Trinajstić information content (AvgIpc) is 3.04. The van der Waals surface area contributed by atoms with Crippen molar-refractivity contribution in [3.63, 3.8) is 0 Å². The molecular formula is C25H34N2O2. The molecule has 1 saturated heterocycles. The van der Waals surface area contributed by atoms with Crippen LogP contribution in [0.15, 0.2) is 18.2 Å². The molecule has 1 aromatic carbocycles. The Morgan fingerprint density at radius 1 is 1.10 bits per heavy atom. The summed E-state index contributed by atoms with van der Waals surface area (Å²) in [7, 11) is 0.